The van der Waals surface area contributed by atoms with Crippen LogP contribution in [0.2, 0.25) is 0 Å². The summed E-state index contributed by atoms with van der Waals surface area (Å²) in [7, 11) is 2.61. The number of aliphatic imine (C=N–C) groups is 1. The number of hydrogen-bond acceptors (Lipinski definition) is 5. The van der Waals surface area contributed by atoms with Crippen LogP contribution >= 0.6 is 0 Å². The van der Waals surface area contributed by atoms with E-state index in [-0.39, 0.29) is 4.90 Å². The normalized spacial score (nSPS) is 11.9. The molecule has 25 heavy (non-hydrogen) atoms. The Balaban J connectivity index is 2.44. The molecule has 0 aromatic heterocycles. The molecule has 0 atom stereocenters. The van der Waals surface area contributed by atoms with Crippen LogP contribution in [0.3, 0.4) is 0 Å². The summed E-state index contributed by atoms with van der Waals surface area (Å²) >= 11 is 0. The molecule has 0 aliphatic rings. The SMILES string of the molecule is COc1cccc(C=Nc2ccc(C)c(S(=O)(=O)N(C)C)c2)c1OC. The fourth-order valence-corrected chi connectivity index (χ4v) is 3.44. The van der Waals surface area contributed by atoms with Gasteiger partial charge in [0.2, 0.25) is 10.0 Å². The second kappa shape index (κ2) is 7.67. The summed E-state index contributed by atoms with van der Waals surface area (Å²) in [5.74, 6) is 1.17. The molecule has 0 unspecified atom stereocenters. The van der Waals surface area contributed by atoms with Crippen LogP contribution in [-0.2, 0) is 10.0 Å². The second-order valence-electron chi connectivity index (χ2n) is 5.58. The van der Waals surface area contributed by atoms with E-state index < -0.39 is 10.0 Å². The number of methoxy groups -OCH3 is 2. The number of nitrogens with zero attached hydrogens (tertiary/aromatic N) is 2. The van der Waals surface area contributed by atoms with Gasteiger partial charge >= 0.3 is 0 Å². The number of rotatable bonds is 6. The molecule has 2 aromatic carbocycles. The summed E-state index contributed by atoms with van der Waals surface area (Å²) in [6, 6.07) is 10.5. The molecule has 2 rings (SSSR count). The summed E-state index contributed by atoms with van der Waals surface area (Å²) in [5, 5.41) is 0. The highest BCUT2D eigenvalue weighted by atomic mass is 32.2. The molecule has 0 amide bonds. The van der Waals surface area contributed by atoms with E-state index in [4.69, 9.17) is 9.47 Å². The lowest BCUT2D eigenvalue weighted by Gasteiger charge is -2.14. The minimum absolute atomic E-state index is 0.241. The first kappa shape index (κ1) is 19.0. The molecule has 0 heterocycles. The van der Waals surface area contributed by atoms with Gasteiger partial charge in [-0.25, -0.2) is 12.7 Å². The number of aryl methyl sites for hydroxylation is 1. The third-order valence-electron chi connectivity index (χ3n) is 3.72. The molecule has 134 valence electrons. The van der Waals surface area contributed by atoms with Gasteiger partial charge in [-0.1, -0.05) is 12.1 Å². The number of para-hydroxylation sites is 1. The van der Waals surface area contributed by atoms with Gasteiger partial charge in [-0.15, -0.1) is 0 Å². The monoisotopic (exact) mass is 362 g/mol. The molecule has 0 saturated carbocycles. The van der Waals surface area contributed by atoms with Crippen LogP contribution in [0.1, 0.15) is 11.1 Å². The molecule has 0 radical (unpaired) electrons. The second-order valence-corrected chi connectivity index (χ2v) is 7.70. The van der Waals surface area contributed by atoms with E-state index in [2.05, 4.69) is 4.99 Å². The molecule has 0 saturated heterocycles. The zero-order valence-corrected chi connectivity index (χ0v) is 15.8. The van der Waals surface area contributed by atoms with E-state index in [1.165, 1.54) is 18.4 Å². The molecule has 2 aromatic rings. The maximum Gasteiger partial charge on any atom is 0.242 e. The first-order chi connectivity index (χ1) is 11.8. The maximum atomic E-state index is 12.4. The smallest absolute Gasteiger partial charge is 0.242 e. The summed E-state index contributed by atoms with van der Waals surface area (Å²) in [5.41, 5.74) is 1.95. The largest absolute Gasteiger partial charge is 0.493 e. The lowest BCUT2D eigenvalue weighted by molar-refractivity contribution is 0.354. The third kappa shape index (κ3) is 4.00. The molecule has 7 heteroatoms. The van der Waals surface area contributed by atoms with Crippen molar-refractivity contribution in [2.45, 2.75) is 11.8 Å². The minimum atomic E-state index is -3.52. The summed E-state index contributed by atoms with van der Waals surface area (Å²) in [4.78, 5) is 4.63. The van der Waals surface area contributed by atoms with E-state index in [0.717, 1.165) is 5.56 Å². The fourth-order valence-electron chi connectivity index (χ4n) is 2.30. The van der Waals surface area contributed by atoms with Crippen molar-refractivity contribution in [1.82, 2.24) is 4.31 Å². The van der Waals surface area contributed by atoms with Crippen molar-refractivity contribution >= 4 is 21.9 Å². The fraction of sp³-hybridized carbons (Fsp3) is 0.278. The first-order valence-corrected chi connectivity index (χ1v) is 9.03. The van der Waals surface area contributed by atoms with Gasteiger partial charge in [-0.05, 0) is 36.8 Å². The van der Waals surface area contributed by atoms with Gasteiger partial charge in [0.1, 0.15) is 0 Å². The summed E-state index contributed by atoms with van der Waals surface area (Å²) in [6.07, 6.45) is 1.62. The van der Waals surface area contributed by atoms with Crippen molar-refractivity contribution in [1.29, 1.82) is 0 Å². The maximum absolute atomic E-state index is 12.4. The van der Waals surface area contributed by atoms with Gasteiger partial charge in [0.05, 0.1) is 24.8 Å². The Kier molecular flexibility index (Phi) is 5.81. The highest BCUT2D eigenvalue weighted by Gasteiger charge is 2.20. The first-order valence-electron chi connectivity index (χ1n) is 7.59. The van der Waals surface area contributed by atoms with Gasteiger partial charge in [-0.2, -0.15) is 0 Å². The third-order valence-corrected chi connectivity index (χ3v) is 5.67. The molecular formula is C18H22N2O4S. The van der Waals surface area contributed by atoms with Crippen LogP contribution in [0.15, 0.2) is 46.3 Å². The van der Waals surface area contributed by atoms with E-state index in [1.54, 1.807) is 51.6 Å². The zero-order chi connectivity index (χ0) is 18.6. The molecular weight excluding hydrogens is 340 g/mol. The molecule has 0 fully saturated rings. The molecule has 0 N–H and O–H groups in total. The van der Waals surface area contributed by atoms with Crippen LogP contribution in [-0.4, -0.2) is 47.3 Å². The van der Waals surface area contributed by atoms with Crippen LogP contribution in [0, 0.1) is 6.92 Å². The van der Waals surface area contributed by atoms with E-state index in [0.29, 0.717) is 22.7 Å². The highest BCUT2D eigenvalue weighted by molar-refractivity contribution is 7.89. The molecule has 0 bridgehead atoms. The predicted molar refractivity (Wildman–Crippen MR) is 98.9 cm³/mol. The lowest BCUT2D eigenvalue weighted by Crippen LogP contribution is -2.22. The zero-order valence-electron chi connectivity index (χ0n) is 15.0. The van der Waals surface area contributed by atoms with E-state index >= 15 is 0 Å². The van der Waals surface area contributed by atoms with Crippen molar-refractivity contribution in [3.8, 4) is 11.5 Å². The summed E-state index contributed by atoms with van der Waals surface area (Å²) < 4.78 is 36.6. The predicted octanol–water partition coefficient (Wildman–Crippen LogP) is 3.01. The van der Waals surface area contributed by atoms with Crippen molar-refractivity contribution < 1.29 is 17.9 Å². The number of ether oxygens (including phenoxy) is 2. The Morgan fingerprint density at radius 3 is 2.40 bits per heavy atom. The van der Waals surface area contributed by atoms with Crippen molar-refractivity contribution in [2.24, 2.45) is 4.99 Å². The van der Waals surface area contributed by atoms with Gasteiger partial charge in [-0.3, -0.25) is 4.99 Å². The van der Waals surface area contributed by atoms with Crippen molar-refractivity contribution in [3.05, 3.63) is 47.5 Å². The Labute approximate surface area is 148 Å². The number of benzene rings is 2. The average Bonchev–Trinajstić information content (AvgIpc) is 2.60. The minimum Gasteiger partial charge on any atom is -0.493 e. The topological polar surface area (TPSA) is 68.2 Å². The van der Waals surface area contributed by atoms with Crippen molar-refractivity contribution in [2.75, 3.05) is 28.3 Å². The highest BCUT2D eigenvalue weighted by Crippen LogP contribution is 2.30. The van der Waals surface area contributed by atoms with Gasteiger partial charge in [0.25, 0.3) is 0 Å². The molecule has 0 spiro atoms. The van der Waals surface area contributed by atoms with E-state index in [1.807, 2.05) is 12.1 Å². The summed E-state index contributed by atoms with van der Waals surface area (Å²) in [6.45, 7) is 1.76. The average molecular weight is 362 g/mol. The van der Waals surface area contributed by atoms with Crippen molar-refractivity contribution in [3.63, 3.8) is 0 Å². The lowest BCUT2D eigenvalue weighted by atomic mass is 10.2. The van der Waals surface area contributed by atoms with Crippen LogP contribution in [0.25, 0.3) is 0 Å². The van der Waals surface area contributed by atoms with E-state index in [9.17, 15) is 8.42 Å². The van der Waals surface area contributed by atoms with Gasteiger partial charge in [0.15, 0.2) is 11.5 Å². The molecule has 0 aliphatic carbocycles. The van der Waals surface area contributed by atoms with Gasteiger partial charge in [0, 0.05) is 25.9 Å². The van der Waals surface area contributed by atoms with Crippen LogP contribution in [0.5, 0.6) is 11.5 Å². The quantitative estimate of drug-likeness (QED) is 0.741. The van der Waals surface area contributed by atoms with Gasteiger partial charge < -0.3 is 9.47 Å². The molecule has 0 aliphatic heterocycles. The number of sulfonamides is 1. The Morgan fingerprint density at radius 1 is 1.08 bits per heavy atom. The standard InChI is InChI=1S/C18H22N2O4S/c1-13-9-10-15(11-17(13)25(21,22)20(2)3)19-12-14-7-6-8-16(23-4)18(14)24-5/h6-12H,1-5H3. The Hall–Kier alpha value is -2.38. The van der Waals surface area contributed by atoms with Crippen LogP contribution < -0.4 is 9.47 Å². The number of hydrogen-bond donors (Lipinski definition) is 0. The Morgan fingerprint density at radius 2 is 1.80 bits per heavy atom. The van der Waals surface area contributed by atoms with Crippen LogP contribution in [0.4, 0.5) is 5.69 Å². The Bertz CT molecular complexity index is 890. The molecule has 6 nitrogen and oxygen atoms in total.